The molecule has 1 aromatic carbocycles. The summed E-state index contributed by atoms with van der Waals surface area (Å²) < 4.78 is 0. The molecule has 124 valence electrons. The second-order valence-electron chi connectivity index (χ2n) is 6.10. The molecule has 0 saturated carbocycles. The zero-order valence-electron chi connectivity index (χ0n) is 14.0. The van der Waals surface area contributed by atoms with E-state index in [0.29, 0.717) is 11.7 Å². The summed E-state index contributed by atoms with van der Waals surface area (Å²) in [5, 5.41) is 13.2. The Kier molecular flexibility index (Phi) is 5.38. The van der Waals surface area contributed by atoms with Gasteiger partial charge in [0.05, 0.1) is 17.0 Å². The molecular weight excluding hydrogens is 310 g/mol. The van der Waals surface area contributed by atoms with E-state index in [-0.39, 0.29) is 12.6 Å². The van der Waals surface area contributed by atoms with Gasteiger partial charge in [-0.15, -0.1) is 0 Å². The molecule has 0 unspecified atom stereocenters. The number of hydrogen-bond donors (Lipinski definition) is 2. The number of anilines is 1. The molecule has 5 nitrogen and oxygen atoms in total. The molecule has 0 saturated heterocycles. The Hall–Kier alpha value is -1.92. The number of aryl methyl sites for hydroxylation is 1. The van der Waals surface area contributed by atoms with Gasteiger partial charge in [-0.25, -0.2) is 9.78 Å². The van der Waals surface area contributed by atoms with E-state index in [1.165, 1.54) is 16.9 Å². The molecule has 2 N–H and O–H groups in total. The first kappa shape index (κ1) is 17.4. The van der Waals surface area contributed by atoms with Crippen LogP contribution in [0.1, 0.15) is 26.3 Å². The second kappa shape index (κ2) is 7.10. The molecule has 0 radical (unpaired) electrons. The van der Waals surface area contributed by atoms with Gasteiger partial charge in [0.2, 0.25) is 0 Å². The quantitative estimate of drug-likeness (QED) is 0.876. The fourth-order valence-electron chi connectivity index (χ4n) is 2.27. The maximum absolute atomic E-state index is 12.3. The Morgan fingerprint density at radius 1 is 1.39 bits per heavy atom. The molecule has 2 aromatic rings. The Morgan fingerprint density at radius 3 is 2.70 bits per heavy atom. The van der Waals surface area contributed by atoms with E-state index in [4.69, 9.17) is 0 Å². The number of amides is 2. The van der Waals surface area contributed by atoms with E-state index in [1.807, 2.05) is 25.1 Å². The molecule has 23 heavy (non-hydrogen) atoms. The van der Waals surface area contributed by atoms with Crippen molar-refractivity contribution in [3.05, 3.63) is 36.0 Å². The zero-order valence-corrected chi connectivity index (χ0v) is 14.8. The Labute approximate surface area is 141 Å². The second-order valence-corrected chi connectivity index (χ2v) is 7.13. The molecule has 0 spiro atoms. The Morgan fingerprint density at radius 2 is 2.09 bits per heavy atom. The van der Waals surface area contributed by atoms with Gasteiger partial charge in [-0.05, 0) is 38.8 Å². The molecule has 0 aliphatic rings. The van der Waals surface area contributed by atoms with Crippen LogP contribution in [0.5, 0.6) is 0 Å². The van der Waals surface area contributed by atoms with E-state index in [0.717, 1.165) is 10.4 Å². The summed E-state index contributed by atoms with van der Waals surface area (Å²) in [6.07, 6.45) is 1.77. The van der Waals surface area contributed by atoms with Crippen LogP contribution in [-0.4, -0.2) is 39.7 Å². The number of hydrogen-bond acceptors (Lipinski definition) is 4. The molecule has 2 amide bonds. The number of carbonyl (C=O) groups excluding carboxylic acids is 1. The molecular formula is C17H23N3O2S. The monoisotopic (exact) mass is 333 g/mol. The standard InChI is InChI=1S/C17H23N3O2S/c1-5-20(11-17(3,4)22)16(21)19-15-18-10-14(23-15)13-9-7-6-8-12(13)2/h6-10,22H,5,11H2,1-4H3,(H,18,19,21). The smallest absolute Gasteiger partial charge is 0.323 e. The highest BCUT2D eigenvalue weighted by Crippen LogP contribution is 2.31. The van der Waals surface area contributed by atoms with E-state index < -0.39 is 5.60 Å². The fourth-order valence-corrected chi connectivity index (χ4v) is 3.17. The van der Waals surface area contributed by atoms with E-state index in [2.05, 4.69) is 23.3 Å². The summed E-state index contributed by atoms with van der Waals surface area (Å²) in [4.78, 5) is 19.2. The van der Waals surface area contributed by atoms with E-state index >= 15 is 0 Å². The molecule has 1 heterocycles. The average Bonchev–Trinajstić information content (AvgIpc) is 2.92. The predicted molar refractivity (Wildman–Crippen MR) is 94.9 cm³/mol. The maximum Gasteiger partial charge on any atom is 0.323 e. The van der Waals surface area contributed by atoms with Gasteiger partial charge in [-0.3, -0.25) is 5.32 Å². The van der Waals surface area contributed by atoms with Crippen molar-refractivity contribution in [2.24, 2.45) is 0 Å². The van der Waals surface area contributed by atoms with Crippen LogP contribution in [0.4, 0.5) is 9.93 Å². The van der Waals surface area contributed by atoms with Crippen LogP contribution in [-0.2, 0) is 0 Å². The lowest BCUT2D eigenvalue weighted by Crippen LogP contribution is -2.44. The van der Waals surface area contributed by atoms with Gasteiger partial charge in [0, 0.05) is 12.7 Å². The predicted octanol–water partition coefficient (Wildman–Crippen LogP) is 3.74. The van der Waals surface area contributed by atoms with Crippen molar-refractivity contribution < 1.29 is 9.90 Å². The number of benzene rings is 1. The largest absolute Gasteiger partial charge is 0.389 e. The van der Waals surface area contributed by atoms with E-state index in [1.54, 1.807) is 24.9 Å². The number of urea groups is 1. The lowest BCUT2D eigenvalue weighted by Gasteiger charge is -2.27. The summed E-state index contributed by atoms with van der Waals surface area (Å²) >= 11 is 1.44. The third-order valence-electron chi connectivity index (χ3n) is 3.38. The van der Waals surface area contributed by atoms with Crippen LogP contribution in [0.15, 0.2) is 30.5 Å². The summed E-state index contributed by atoms with van der Waals surface area (Å²) in [7, 11) is 0. The van der Waals surface area contributed by atoms with Gasteiger partial charge < -0.3 is 10.0 Å². The van der Waals surface area contributed by atoms with Crippen LogP contribution < -0.4 is 5.32 Å². The molecule has 0 bridgehead atoms. The number of carbonyl (C=O) groups is 1. The summed E-state index contributed by atoms with van der Waals surface area (Å²) in [5.41, 5.74) is 1.36. The fraction of sp³-hybridized carbons (Fsp3) is 0.412. The van der Waals surface area contributed by atoms with Crippen molar-refractivity contribution in [3.63, 3.8) is 0 Å². The number of likely N-dealkylation sites (N-methyl/N-ethyl adjacent to an activating group) is 1. The van der Waals surface area contributed by atoms with Gasteiger partial charge in [0.1, 0.15) is 0 Å². The number of thiazole rings is 1. The van der Waals surface area contributed by atoms with Crippen molar-refractivity contribution in [2.45, 2.75) is 33.3 Å². The van der Waals surface area contributed by atoms with Crippen molar-refractivity contribution in [3.8, 4) is 10.4 Å². The van der Waals surface area contributed by atoms with Crippen molar-refractivity contribution in [2.75, 3.05) is 18.4 Å². The number of nitrogens with zero attached hydrogens (tertiary/aromatic N) is 2. The summed E-state index contributed by atoms with van der Waals surface area (Å²) in [6, 6.07) is 7.83. The minimum absolute atomic E-state index is 0.250. The number of aromatic nitrogens is 1. The van der Waals surface area contributed by atoms with Crippen LogP contribution in [0.25, 0.3) is 10.4 Å². The van der Waals surface area contributed by atoms with Gasteiger partial charge >= 0.3 is 6.03 Å². The van der Waals surface area contributed by atoms with Gasteiger partial charge in [0.15, 0.2) is 5.13 Å². The van der Waals surface area contributed by atoms with Crippen LogP contribution in [0.3, 0.4) is 0 Å². The number of rotatable bonds is 5. The SMILES string of the molecule is CCN(CC(C)(C)O)C(=O)Nc1ncc(-c2ccccc2C)s1. The van der Waals surface area contributed by atoms with Crippen LogP contribution in [0.2, 0.25) is 0 Å². The highest BCUT2D eigenvalue weighted by Gasteiger charge is 2.22. The molecule has 2 rings (SSSR count). The van der Waals surface area contributed by atoms with Crippen molar-refractivity contribution >= 4 is 22.5 Å². The van der Waals surface area contributed by atoms with Gasteiger partial charge in [-0.1, -0.05) is 35.6 Å². The first-order valence-electron chi connectivity index (χ1n) is 7.60. The minimum Gasteiger partial charge on any atom is -0.389 e. The lowest BCUT2D eigenvalue weighted by molar-refractivity contribution is 0.0501. The number of nitrogens with one attached hydrogen (secondary N) is 1. The highest BCUT2D eigenvalue weighted by molar-refractivity contribution is 7.19. The summed E-state index contributed by atoms with van der Waals surface area (Å²) in [5.74, 6) is 0. The molecule has 0 aliphatic heterocycles. The first-order chi connectivity index (χ1) is 10.8. The van der Waals surface area contributed by atoms with Crippen molar-refractivity contribution in [1.29, 1.82) is 0 Å². The van der Waals surface area contributed by atoms with E-state index in [9.17, 15) is 9.90 Å². The molecule has 6 heteroatoms. The Balaban J connectivity index is 2.09. The molecule has 1 aromatic heterocycles. The normalized spacial score (nSPS) is 11.3. The van der Waals surface area contributed by atoms with Crippen LogP contribution in [0, 0.1) is 6.92 Å². The zero-order chi connectivity index (χ0) is 17.0. The molecule has 0 aliphatic carbocycles. The summed E-state index contributed by atoms with van der Waals surface area (Å²) in [6.45, 7) is 8.09. The van der Waals surface area contributed by atoms with Gasteiger partial charge in [-0.2, -0.15) is 0 Å². The highest BCUT2D eigenvalue weighted by atomic mass is 32.1. The maximum atomic E-state index is 12.3. The number of aliphatic hydroxyl groups is 1. The minimum atomic E-state index is -0.928. The topological polar surface area (TPSA) is 65.5 Å². The third-order valence-corrected chi connectivity index (χ3v) is 4.32. The first-order valence-corrected chi connectivity index (χ1v) is 8.42. The lowest BCUT2D eigenvalue weighted by atomic mass is 10.1. The van der Waals surface area contributed by atoms with Crippen molar-refractivity contribution in [1.82, 2.24) is 9.88 Å². The Bertz CT molecular complexity index is 676. The molecule has 0 fully saturated rings. The molecule has 0 atom stereocenters. The van der Waals surface area contributed by atoms with Gasteiger partial charge in [0.25, 0.3) is 0 Å². The average molecular weight is 333 g/mol. The third kappa shape index (κ3) is 4.77. The van der Waals surface area contributed by atoms with Crippen LogP contribution >= 0.6 is 11.3 Å².